The summed E-state index contributed by atoms with van der Waals surface area (Å²) < 4.78 is 41.8. The molecule has 1 aromatic carbocycles. The second-order valence-electron chi connectivity index (χ2n) is 8.65. The summed E-state index contributed by atoms with van der Waals surface area (Å²) in [4.78, 5) is 12.9. The predicted molar refractivity (Wildman–Crippen MR) is 106 cm³/mol. The Balaban J connectivity index is 1.50. The van der Waals surface area contributed by atoms with Gasteiger partial charge in [0.05, 0.1) is 11.5 Å². The van der Waals surface area contributed by atoms with Gasteiger partial charge in [-0.25, -0.2) is 0 Å². The van der Waals surface area contributed by atoms with E-state index >= 15 is 0 Å². The van der Waals surface area contributed by atoms with Gasteiger partial charge < -0.3 is 9.88 Å². The van der Waals surface area contributed by atoms with Gasteiger partial charge in [0.15, 0.2) is 0 Å². The topological polar surface area (TPSA) is 59.8 Å². The molecule has 0 radical (unpaired) electrons. The Morgan fingerprint density at radius 3 is 2.73 bits per heavy atom. The minimum absolute atomic E-state index is 0.0364. The highest BCUT2D eigenvalue weighted by molar-refractivity contribution is 5.78. The molecule has 1 fully saturated rings. The number of nitrogens with zero attached hydrogens (tertiary/aromatic N) is 3. The van der Waals surface area contributed by atoms with Crippen LogP contribution in [-0.2, 0) is 29.4 Å². The number of aromatic nitrogens is 3. The molecular weight excluding hydrogens is 393 g/mol. The van der Waals surface area contributed by atoms with Gasteiger partial charge in [0.1, 0.15) is 11.6 Å². The number of benzene rings is 1. The molecule has 1 aliphatic heterocycles. The second-order valence-corrected chi connectivity index (χ2v) is 8.65. The van der Waals surface area contributed by atoms with Crippen molar-refractivity contribution in [3.05, 3.63) is 47.0 Å². The molecule has 1 aromatic heterocycles. The molecule has 4 rings (SSSR count). The zero-order valence-corrected chi connectivity index (χ0v) is 17.1. The van der Waals surface area contributed by atoms with Crippen molar-refractivity contribution in [1.29, 1.82) is 0 Å². The number of nitrogens with one attached hydrogen (secondary N) is 1. The quantitative estimate of drug-likeness (QED) is 0.807. The Labute approximate surface area is 174 Å². The number of halogens is 3. The first-order chi connectivity index (χ1) is 14.3. The maximum absolute atomic E-state index is 13.3. The number of fused-ring (bicyclic) bond motifs is 1. The summed E-state index contributed by atoms with van der Waals surface area (Å²) in [5, 5.41) is 11.3. The average Bonchev–Trinajstić information content (AvgIpc) is 3.12. The average molecular weight is 420 g/mol. The maximum Gasteiger partial charge on any atom is 0.416 e. The lowest BCUT2D eigenvalue weighted by Crippen LogP contribution is -2.45. The minimum atomic E-state index is -4.37. The molecule has 30 heavy (non-hydrogen) atoms. The van der Waals surface area contributed by atoms with Crippen molar-refractivity contribution in [3.8, 4) is 0 Å². The molecule has 2 heterocycles. The van der Waals surface area contributed by atoms with Crippen LogP contribution in [0.3, 0.4) is 0 Å². The first kappa shape index (κ1) is 20.9. The minimum Gasteiger partial charge on any atom is -0.355 e. The van der Waals surface area contributed by atoms with Gasteiger partial charge in [-0.2, -0.15) is 13.2 Å². The van der Waals surface area contributed by atoms with Gasteiger partial charge in [0.2, 0.25) is 5.91 Å². The van der Waals surface area contributed by atoms with E-state index in [1.807, 2.05) is 11.5 Å². The molecule has 1 aliphatic carbocycles. The SMILES string of the molecule is Cc1nnc2n1CC(C(=O)NCC1(c3cccc(C(F)(F)F)c3)CCCCC1)CC2. The van der Waals surface area contributed by atoms with E-state index in [9.17, 15) is 18.0 Å². The van der Waals surface area contributed by atoms with Crippen LogP contribution in [0.4, 0.5) is 13.2 Å². The normalized spacial score (nSPS) is 21.1. The zero-order chi connectivity index (χ0) is 21.4. The van der Waals surface area contributed by atoms with Gasteiger partial charge in [-0.1, -0.05) is 37.5 Å². The molecule has 0 saturated heterocycles. The number of hydrogen-bond acceptors (Lipinski definition) is 3. The van der Waals surface area contributed by atoms with Gasteiger partial charge in [-0.15, -0.1) is 10.2 Å². The Morgan fingerprint density at radius 2 is 2.00 bits per heavy atom. The lowest BCUT2D eigenvalue weighted by molar-refractivity contribution is -0.137. The molecular formula is C22H27F3N4O. The molecule has 2 aliphatic rings. The van der Waals surface area contributed by atoms with Crippen molar-refractivity contribution in [2.45, 2.75) is 70.0 Å². The number of alkyl halides is 3. The fourth-order valence-electron chi connectivity index (χ4n) is 4.90. The molecule has 5 nitrogen and oxygen atoms in total. The first-order valence-electron chi connectivity index (χ1n) is 10.6. The van der Waals surface area contributed by atoms with Crippen molar-refractivity contribution in [3.63, 3.8) is 0 Å². The molecule has 1 N–H and O–H groups in total. The highest BCUT2D eigenvalue weighted by atomic mass is 19.4. The molecule has 1 atom stereocenters. The number of aryl methyl sites for hydroxylation is 2. The Morgan fingerprint density at radius 1 is 1.23 bits per heavy atom. The van der Waals surface area contributed by atoms with Crippen LogP contribution in [0.15, 0.2) is 24.3 Å². The fraction of sp³-hybridized carbons (Fsp3) is 0.591. The second kappa shape index (κ2) is 8.04. The summed E-state index contributed by atoms with van der Waals surface area (Å²) in [6, 6.07) is 5.64. The summed E-state index contributed by atoms with van der Waals surface area (Å²) in [6.07, 6.45) is 1.61. The van der Waals surface area contributed by atoms with Crippen LogP contribution < -0.4 is 5.32 Å². The highest BCUT2D eigenvalue weighted by Gasteiger charge is 2.38. The Kier molecular flexibility index (Phi) is 5.59. The standard InChI is InChI=1S/C22H27F3N4O/c1-15-27-28-19-9-8-16(13-29(15)19)20(30)26-14-21(10-3-2-4-11-21)17-6-5-7-18(12-17)22(23,24)25/h5-7,12,16H,2-4,8-11,13-14H2,1H3,(H,26,30). The molecule has 1 amide bonds. The largest absolute Gasteiger partial charge is 0.416 e. The van der Waals surface area contributed by atoms with Gasteiger partial charge in [0, 0.05) is 24.9 Å². The van der Waals surface area contributed by atoms with Crippen LogP contribution >= 0.6 is 0 Å². The van der Waals surface area contributed by atoms with Gasteiger partial charge in [0.25, 0.3) is 0 Å². The Hall–Kier alpha value is -2.38. The first-order valence-corrected chi connectivity index (χ1v) is 10.6. The van der Waals surface area contributed by atoms with E-state index in [0.717, 1.165) is 49.8 Å². The highest BCUT2D eigenvalue weighted by Crippen LogP contribution is 2.41. The van der Waals surface area contributed by atoms with Crippen LogP contribution in [-0.4, -0.2) is 27.2 Å². The molecule has 0 spiro atoms. The number of hydrogen-bond donors (Lipinski definition) is 1. The molecule has 2 aromatic rings. The van der Waals surface area contributed by atoms with E-state index in [4.69, 9.17) is 0 Å². The number of rotatable bonds is 4. The van der Waals surface area contributed by atoms with Gasteiger partial charge >= 0.3 is 6.18 Å². The summed E-state index contributed by atoms with van der Waals surface area (Å²) in [7, 11) is 0. The summed E-state index contributed by atoms with van der Waals surface area (Å²) in [5.74, 6) is 1.50. The molecule has 0 bridgehead atoms. The summed E-state index contributed by atoms with van der Waals surface area (Å²) in [6.45, 7) is 2.80. The van der Waals surface area contributed by atoms with Crippen molar-refractivity contribution < 1.29 is 18.0 Å². The van der Waals surface area contributed by atoms with Crippen molar-refractivity contribution in [2.75, 3.05) is 6.54 Å². The van der Waals surface area contributed by atoms with Crippen molar-refractivity contribution in [2.24, 2.45) is 5.92 Å². The maximum atomic E-state index is 13.3. The fourth-order valence-corrected chi connectivity index (χ4v) is 4.90. The third-order valence-electron chi connectivity index (χ3n) is 6.72. The lowest BCUT2D eigenvalue weighted by atomic mass is 9.69. The third kappa shape index (κ3) is 4.09. The molecule has 1 saturated carbocycles. The monoisotopic (exact) mass is 420 g/mol. The number of amides is 1. The zero-order valence-electron chi connectivity index (χ0n) is 17.1. The van der Waals surface area contributed by atoms with Crippen molar-refractivity contribution >= 4 is 5.91 Å². The number of carbonyl (C=O) groups excluding carboxylic acids is 1. The van der Waals surface area contributed by atoms with E-state index in [-0.39, 0.29) is 11.8 Å². The van der Waals surface area contributed by atoms with Crippen LogP contribution in [0.25, 0.3) is 0 Å². The van der Waals surface area contributed by atoms with Crippen molar-refractivity contribution in [1.82, 2.24) is 20.1 Å². The third-order valence-corrected chi connectivity index (χ3v) is 6.72. The smallest absolute Gasteiger partial charge is 0.355 e. The van der Waals surface area contributed by atoms with E-state index in [1.165, 1.54) is 12.1 Å². The Bertz CT molecular complexity index is 915. The van der Waals surface area contributed by atoms with E-state index in [0.29, 0.717) is 31.5 Å². The van der Waals surface area contributed by atoms with Gasteiger partial charge in [-0.05, 0) is 37.8 Å². The van der Waals surface area contributed by atoms with Crippen LogP contribution in [0.1, 0.15) is 61.3 Å². The molecule has 1 unspecified atom stereocenters. The van der Waals surface area contributed by atoms with Gasteiger partial charge in [-0.3, -0.25) is 4.79 Å². The molecule has 8 heteroatoms. The van der Waals surface area contributed by atoms with Crippen LogP contribution in [0.5, 0.6) is 0 Å². The van der Waals surface area contributed by atoms with E-state index in [2.05, 4.69) is 15.5 Å². The van der Waals surface area contributed by atoms with Crippen LogP contribution in [0.2, 0.25) is 0 Å². The molecule has 162 valence electrons. The predicted octanol–water partition coefficient (Wildman–Crippen LogP) is 4.19. The lowest BCUT2D eigenvalue weighted by Gasteiger charge is -2.39. The number of carbonyl (C=O) groups is 1. The summed E-state index contributed by atoms with van der Waals surface area (Å²) in [5.41, 5.74) is -0.390. The summed E-state index contributed by atoms with van der Waals surface area (Å²) >= 11 is 0. The van der Waals surface area contributed by atoms with E-state index < -0.39 is 17.2 Å². The van der Waals surface area contributed by atoms with E-state index in [1.54, 1.807) is 6.07 Å². The van der Waals surface area contributed by atoms with Crippen LogP contribution in [0, 0.1) is 12.8 Å².